The van der Waals surface area contributed by atoms with Crippen LogP contribution in [-0.4, -0.2) is 23.3 Å². The average Bonchev–Trinajstić information content (AvgIpc) is 2.23. The number of rotatable bonds is 5. The lowest BCUT2D eigenvalue weighted by molar-refractivity contribution is 0.298. The second kappa shape index (κ2) is 6.18. The van der Waals surface area contributed by atoms with Crippen molar-refractivity contribution in [3.8, 4) is 0 Å². The first kappa shape index (κ1) is 12.6. The standard InChI is InChI=1S/C11H14BrF2N/c1-2-15(6-5-12)8-9-3-4-10(13)11(14)7-9/h3-4,7H,2,5-6,8H2,1H3. The highest BCUT2D eigenvalue weighted by Crippen LogP contribution is 2.11. The van der Waals surface area contributed by atoms with Crippen LogP contribution in [0.3, 0.4) is 0 Å². The number of hydrogen-bond donors (Lipinski definition) is 0. The van der Waals surface area contributed by atoms with Crippen LogP contribution in [-0.2, 0) is 6.54 Å². The summed E-state index contributed by atoms with van der Waals surface area (Å²) in [6, 6.07) is 4.05. The Bertz CT molecular complexity index is 317. The molecule has 0 amide bonds. The highest BCUT2D eigenvalue weighted by atomic mass is 79.9. The molecule has 4 heteroatoms. The Morgan fingerprint density at radius 3 is 2.53 bits per heavy atom. The predicted octanol–water partition coefficient (Wildman–Crippen LogP) is 3.18. The Morgan fingerprint density at radius 2 is 2.00 bits per heavy atom. The average molecular weight is 278 g/mol. The number of halogens is 3. The van der Waals surface area contributed by atoms with Gasteiger partial charge in [0.2, 0.25) is 0 Å². The van der Waals surface area contributed by atoms with Gasteiger partial charge >= 0.3 is 0 Å². The minimum absolute atomic E-state index is 0.652. The minimum Gasteiger partial charge on any atom is -0.299 e. The quantitative estimate of drug-likeness (QED) is 0.748. The first-order valence-electron chi connectivity index (χ1n) is 4.89. The van der Waals surface area contributed by atoms with Crippen LogP contribution in [0.4, 0.5) is 8.78 Å². The lowest BCUT2D eigenvalue weighted by Crippen LogP contribution is -2.24. The van der Waals surface area contributed by atoms with Crippen LogP contribution in [0, 0.1) is 11.6 Å². The third-order valence-electron chi connectivity index (χ3n) is 2.24. The lowest BCUT2D eigenvalue weighted by Gasteiger charge is -2.19. The molecular weight excluding hydrogens is 264 g/mol. The smallest absolute Gasteiger partial charge is 0.159 e. The molecule has 0 aliphatic rings. The molecule has 15 heavy (non-hydrogen) atoms. The molecule has 1 aromatic carbocycles. The van der Waals surface area contributed by atoms with Crippen LogP contribution >= 0.6 is 15.9 Å². The topological polar surface area (TPSA) is 3.24 Å². The van der Waals surface area contributed by atoms with Crippen molar-refractivity contribution in [3.05, 3.63) is 35.4 Å². The van der Waals surface area contributed by atoms with E-state index >= 15 is 0 Å². The van der Waals surface area contributed by atoms with Crippen LogP contribution in [0.5, 0.6) is 0 Å². The van der Waals surface area contributed by atoms with Crippen molar-refractivity contribution in [2.24, 2.45) is 0 Å². The van der Waals surface area contributed by atoms with Crippen LogP contribution < -0.4 is 0 Å². The molecule has 0 aromatic heterocycles. The number of hydrogen-bond acceptors (Lipinski definition) is 1. The molecule has 84 valence electrons. The highest BCUT2D eigenvalue weighted by Gasteiger charge is 2.06. The molecule has 0 unspecified atom stereocenters. The van der Waals surface area contributed by atoms with Crippen molar-refractivity contribution in [2.45, 2.75) is 13.5 Å². The van der Waals surface area contributed by atoms with E-state index in [0.717, 1.165) is 24.0 Å². The van der Waals surface area contributed by atoms with Crippen molar-refractivity contribution >= 4 is 15.9 Å². The molecule has 0 saturated heterocycles. The van der Waals surface area contributed by atoms with Gasteiger partial charge in [0.05, 0.1) is 0 Å². The van der Waals surface area contributed by atoms with E-state index in [0.29, 0.717) is 6.54 Å². The molecule has 0 aliphatic carbocycles. The van der Waals surface area contributed by atoms with Gasteiger partial charge < -0.3 is 0 Å². The van der Waals surface area contributed by atoms with Gasteiger partial charge in [0.15, 0.2) is 11.6 Å². The van der Waals surface area contributed by atoms with Gasteiger partial charge in [0.1, 0.15) is 0 Å². The third kappa shape index (κ3) is 3.87. The zero-order chi connectivity index (χ0) is 11.3. The van der Waals surface area contributed by atoms with Gasteiger partial charge in [0.25, 0.3) is 0 Å². The van der Waals surface area contributed by atoms with E-state index in [-0.39, 0.29) is 0 Å². The summed E-state index contributed by atoms with van der Waals surface area (Å²) >= 11 is 3.35. The Hall–Kier alpha value is -0.480. The molecule has 0 bridgehead atoms. The second-order valence-electron chi connectivity index (χ2n) is 3.31. The summed E-state index contributed by atoms with van der Waals surface area (Å²) in [6.45, 7) is 4.49. The van der Waals surface area contributed by atoms with E-state index in [4.69, 9.17) is 0 Å². The summed E-state index contributed by atoms with van der Waals surface area (Å²) in [7, 11) is 0. The summed E-state index contributed by atoms with van der Waals surface area (Å²) in [4.78, 5) is 2.15. The normalized spacial score (nSPS) is 11.0. The van der Waals surface area contributed by atoms with Gasteiger partial charge in [-0.15, -0.1) is 0 Å². The molecule has 0 aliphatic heterocycles. The molecular formula is C11H14BrF2N. The van der Waals surface area contributed by atoms with Gasteiger partial charge in [0, 0.05) is 18.4 Å². The van der Waals surface area contributed by atoms with Gasteiger partial charge in [-0.3, -0.25) is 4.90 Å². The van der Waals surface area contributed by atoms with Crippen molar-refractivity contribution in [1.29, 1.82) is 0 Å². The molecule has 0 radical (unpaired) electrons. The molecule has 1 nitrogen and oxygen atoms in total. The number of alkyl halides is 1. The Morgan fingerprint density at radius 1 is 1.27 bits per heavy atom. The maximum Gasteiger partial charge on any atom is 0.159 e. The van der Waals surface area contributed by atoms with Gasteiger partial charge in [-0.1, -0.05) is 28.9 Å². The van der Waals surface area contributed by atoms with Crippen molar-refractivity contribution in [2.75, 3.05) is 18.4 Å². The Labute approximate surface area is 97.2 Å². The van der Waals surface area contributed by atoms with E-state index in [9.17, 15) is 8.78 Å². The predicted molar refractivity (Wildman–Crippen MR) is 61.1 cm³/mol. The molecule has 0 saturated carbocycles. The SMILES string of the molecule is CCN(CCBr)Cc1ccc(F)c(F)c1. The largest absolute Gasteiger partial charge is 0.299 e. The van der Waals surface area contributed by atoms with Gasteiger partial charge in [-0.05, 0) is 24.2 Å². The van der Waals surface area contributed by atoms with E-state index in [2.05, 4.69) is 20.8 Å². The minimum atomic E-state index is -0.790. The van der Waals surface area contributed by atoms with Crippen LogP contribution in [0.15, 0.2) is 18.2 Å². The Balaban J connectivity index is 2.66. The maximum atomic E-state index is 12.9. The molecule has 1 aromatic rings. The number of benzene rings is 1. The third-order valence-corrected chi connectivity index (χ3v) is 2.59. The summed E-state index contributed by atoms with van der Waals surface area (Å²) in [5.74, 6) is -1.57. The molecule has 0 fully saturated rings. The Kier molecular flexibility index (Phi) is 5.19. The van der Waals surface area contributed by atoms with E-state index in [1.54, 1.807) is 6.07 Å². The van der Waals surface area contributed by atoms with Crippen LogP contribution in [0.2, 0.25) is 0 Å². The molecule has 0 N–H and O–H groups in total. The van der Waals surface area contributed by atoms with E-state index in [1.807, 2.05) is 6.92 Å². The van der Waals surface area contributed by atoms with Gasteiger partial charge in [-0.25, -0.2) is 8.78 Å². The van der Waals surface area contributed by atoms with Crippen molar-refractivity contribution in [1.82, 2.24) is 4.90 Å². The monoisotopic (exact) mass is 277 g/mol. The van der Waals surface area contributed by atoms with Crippen LogP contribution in [0.1, 0.15) is 12.5 Å². The molecule has 0 spiro atoms. The lowest BCUT2D eigenvalue weighted by atomic mass is 10.2. The first-order valence-corrected chi connectivity index (χ1v) is 6.01. The maximum absolute atomic E-state index is 12.9. The fraction of sp³-hybridized carbons (Fsp3) is 0.455. The first-order chi connectivity index (χ1) is 7.17. The van der Waals surface area contributed by atoms with Crippen molar-refractivity contribution < 1.29 is 8.78 Å². The zero-order valence-corrected chi connectivity index (χ0v) is 10.2. The van der Waals surface area contributed by atoms with Gasteiger partial charge in [-0.2, -0.15) is 0 Å². The van der Waals surface area contributed by atoms with E-state index < -0.39 is 11.6 Å². The summed E-state index contributed by atoms with van der Waals surface area (Å²) < 4.78 is 25.6. The fourth-order valence-electron chi connectivity index (χ4n) is 1.36. The van der Waals surface area contributed by atoms with E-state index in [1.165, 1.54) is 12.1 Å². The molecule has 0 heterocycles. The highest BCUT2D eigenvalue weighted by molar-refractivity contribution is 9.09. The number of nitrogens with zero attached hydrogens (tertiary/aromatic N) is 1. The fourth-order valence-corrected chi connectivity index (χ4v) is 1.87. The second-order valence-corrected chi connectivity index (χ2v) is 4.10. The molecule has 0 atom stereocenters. The summed E-state index contributed by atoms with van der Waals surface area (Å²) in [5, 5.41) is 0.879. The summed E-state index contributed by atoms with van der Waals surface area (Å²) in [6.07, 6.45) is 0. The van der Waals surface area contributed by atoms with Crippen LogP contribution in [0.25, 0.3) is 0 Å². The summed E-state index contributed by atoms with van der Waals surface area (Å²) in [5.41, 5.74) is 0.803. The van der Waals surface area contributed by atoms with Crippen molar-refractivity contribution in [3.63, 3.8) is 0 Å². The molecule has 1 rings (SSSR count). The zero-order valence-electron chi connectivity index (χ0n) is 8.64.